The fourth-order valence-electron chi connectivity index (χ4n) is 1.86. The summed E-state index contributed by atoms with van der Waals surface area (Å²) < 4.78 is 4.56. The first kappa shape index (κ1) is 14.7. The van der Waals surface area contributed by atoms with Gasteiger partial charge >= 0.3 is 5.97 Å². The molecule has 0 radical (unpaired) electrons. The molecule has 1 amide bonds. The Kier molecular flexibility index (Phi) is 4.66. The molecule has 0 aliphatic carbocycles. The standard InChI is InChI=1S/C16H16N2O3/c1-11(12-6-4-3-5-7-12)18-15(19)13-8-9-14(17-10-13)16(20)21-2/h3-11H,1-2H3,(H,18,19). The van der Waals surface area contributed by atoms with Crippen molar-refractivity contribution >= 4 is 11.9 Å². The number of esters is 1. The Morgan fingerprint density at radius 1 is 1.14 bits per heavy atom. The molecule has 1 aromatic carbocycles. The van der Waals surface area contributed by atoms with E-state index in [0.29, 0.717) is 5.56 Å². The number of rotatable bonds is 4. The van der Waals surface area contributed by atoms with Crippen LogP contribution in [0.25, 0.3) is 0 Å². The Morgan fingerprint density at radius 2 is 1.86 bits per heavy atom. The molecule has 5 nitrogen and oxygen atoms in total. The van der Waals surface area contributed by atoms with Gasteiger partial charge in [-0.05, 0) is 24.6 Å². The van der Waals surface area contributed by atoms with E-state index >= 15 is 0 Å². The fraction of sp³-hybridized carbons (Fsp3) is 0.188. The molecule has 2 aromatic rings. The second kappa shape index (κ2) is 6.65. The van der Waals surface area contributed by atoms with Gasteiger partial charge in [-0.1, -0.05) is 30.3 Å². The molecule has 0 aliphatic rings. The minimum atomic E-state index is -0.528. The molecule has 5 heteroatoms. The molecule has 108 valence electrons. The quantitative estimate of drug-likeness (QED) is 0.875. The van der Waals surface area contributed by atoms with Crippen LogP contribution in [0.3, 0.4) is 0 Å². The van der Waals surface area contributed by atoms with E-state index in [-0.39, 0.29) is 17.6 Å². The summed E-state index contributed by atoms with van der Waals surface area (Å²) in [6.07, 6.45) is 1.36. The largest absolute Gasteiger partial charge is 0.464 e. The molecule has 2 rings (SSSR count). The highest BCUT2D eigenvalue weighted by atomic mass is 16.5. The fourth-order valence-corrected chi connectivity index (χ4v) is 1.86. The van der Waals surface area contributed by atoms with Gasteiger partial charge in [0.1, 0.15) is 5.69 Å². The summed E-state index contributed by atoms with van der Waals surface area (Å²) >= 11 is 0. The minimum Gasteiger partial charge on any atom is -0.464 e. The molecule has 1 heterocycles. The predicted molar refractivity (Wildman–Crippen MR) is 77.9 cm³/mol. The van der Waals surface area contributed by atoms with Crippen molar-refractivity contribution in [2.75, 3.05) is 7.11 Å². The summed E-state index contributed by atoms with van der Waals surface area (Å²) in [5, 5.41) is 2.88. The van der Waals surface area contributed by atoms with Crippen molar-refractivity contribution in [3.63, 3.8) is 0 Å². The van der Waals surface area contributed by atoms with Crippen molar-refractivity contribution < 1.29 is 14.3 Å². The van der Waals surface area contributed by atoms with Gasteiger partial charge in [-0.25, -0.2) is 9.78 Å². The van der Waals surface area contributed by atoms with Crippen LogP contribution in [0.1, 0.15) is 39.4 Å². The molecular formula is C16H16N2O3. The summed E-state index contributed by atoms with van der Waals surface area (Å²) in [5.41, 5.74) is 1.58. The van der Waals surface area contributed by atoms with Crippen LogP contribution in [-0.2, 0) is 4.74 Å². The Hall–Kier alpha value is -2.69. The number of amides is 1. The smallest absolute Gasteiger partial charge is 0.356 e. The predicted octanol–water partition coefficient (Wildman–Crippen LogP) is 2.36. The van der Waals surface area contributed by atoms with Crippen molar-refractivity contribution in [1.82, 2.24) is 10.3 Å². The molecule has 0 aliphatic heterocycles. The average Bonchev–Trinajstić information content (AvgIpc) is 2.55. The zero-order chi connectivity index (χ0) is 15.2. The summed E-state index contributed by atoms with van der Waals surface area (Å²) in [6, 6.07) is 12.6. The molecule has 1 atom stereocenters. The van der Waals surface area contributed by atoms with E-state index < -0.39 is 5.97 Å². The molecule has 21 heavy (non-hydrogen) atoms. The van der Waals surface area contributed by atoms with Crippen LogP contribution in [0.5, 0.6) is 0 Å². The van der Waals surface area contributed by atoms with E-state index in [1.165, 1.54) is 19.4 Å². The topological polar surface area (TPSA) is 68.3 Å². The lowest BCUT2D eigenvalue weighted by molar-refractivity contribution is 0.0593. The van der Waals surface area contributed by atoms with E-state index in [4.69, 9.17) is 0 Å². The van der Waals surface area contributed by atoms with Crippen LogP contribution in [0.2, 0.25) is 0 Å². The molecular weight excluding hydrogens is 268 g/mol. The van der Waals surface area contributed by atoms with Crippen molar-refractivity contribution in [2.24, 2.45) is 0 Å². The third kappa shape index (κ3) is 3.66. The van der Waals surface area contributed by atoms with Gasteiger partial charge in [0, 0.05) is 6.20 Å². The van der Waals surface area contributed by atoms with Crippen LogP contribution in [-0.4, -0.2) is 24.0 Å². The Morgan fingerprint density at radius 3 is 2.43 bits per heavy atom. The second-order valence-corrected chi connectivity index (χ2v) is 4.53. The summed E-state index contributed by atoms with van der Waals surface area (Å²) in [6.45, 7) is 1.91. The average molecular weight is 284 g/mol. The lowest BCUT2D eigenvalue weighted by atomic mass is 10.1. The van der Waals surface area contributed by atoms with Crippen molar-refractivity contribution in [3.8, 4) is 0 Å². The lowest BCUT2D eigenvalue weighted by Crippen LogP contribution is -2.26. The third-order valence-electron chi connectivity index (χ3n) is 3.07. The SMILES string of the molecule is COC(=O)c1ccc(C(=O)NC(C)c2ccccc2)cn1. The number of pyridine rings is 1. The van der Waals surface area contributed by atoms with Crippen LogP contribution in [0.15, 0.2) is 48.7 Å². The van der Waals surface area contributed by atoms with Gasteiger partial charge in [-0.15, -0.1) is 0 Å². The van der Waals surface area contributed by atoms with E-state index in [9.17, 15) is 9.59 Å². The number of aromatic nitrogens is 1. The highest BCUT2D eigenvalue weighted by Gasteiger charge is 2.13. The number of carbonyl (C=O) groups is 2. The van der Waals surface area contributed by atoms with Crippen LogP contribution in [0.4, 0.5) is 0 Å². The number of methoxy groups -OCH3 is 1. The van der Waals surface area contributed by atoms with Gasteiger partial charge in [0.25, 0.3) is 5.91 Å². The number of hydrogen-bond acceptors (Lipinski definition) is 4. The molecule has 0 fully saturated rings. The molecule has 0 saturated carbocycles. The van der Waals surface area contributed by atoms with Gasteiger partial charge in [0.2, 0.25) is 0 Å². The molecule has 0 saturated heterocycles. The first-order chi connectivity index (χ1) is 10.1. The Balaban J connectivity index is 2.05. The first-order valence-corrected chi connectivity index (χ1v) is 6.52. The molecule has 0 spiro atoms. The maximum atomic E-state index is 12.1. The van der Waals surface area contributed by atoms with Gasteiger partial charge in [0.15, 0.2) is 0 Å². The van der Waals surface area contributed by atoms with Gasteiger partial charge in [0.05, 0.1) is 18.7 Å². The molecule has 1 unspecified atom stereocenters. The maximum absolute atomic E-state index is 12.1. The van der Waals surface area contributed by atoms with Crippen molar-refractivity contribution in [3.05, 3.63) is 65.5 Å². The summed E-state index contributed by atoms with van der Waals surface area (Å²) in [5.74, 6) is -0.769. The highest BCUT2D eigenvalue weighted by molar-refractivity contribution is 5.95. The summed E-state index contributed by atoms with van der Waals surface area (Å²) in [7, 11) is 1.28. The van der Waals surface area contributed by atoms with Crippen LogP contribution >= 0.6 is 0 Å². The number of nitrogens with one attached hydrogen (secondary N) is 1. The molecule has 0 bridgehead atoms. The first-order valence-electron chi connectivity index (χ1n) is 6.52. The van der Waals surface area contributed by atoms with Gasteiger partial charge < -0.3 is 10.1 Å². The number of carbonyl (C=O) groups excluding carboxylic acids is 2. The lowest BCUT2D eigenvalue weighted by Gasteiger charge is -2.14. The maximum Gasteiger partial charge on any atom is 0.356 e. The van der Waals surface area contributed by atoms with Crippen molar-refractivity contribution in [2.45, 2.75) is 13.0 Å². The minimum absolute atomic E-state index is 0.112. The summed E-state index contributed by atoms with van der Waals surface area (Å²) in [4.78, 5) is 27.3. The normalized spacial score (nSPS) is 11.5. The highest BCUT2D eigenvalue weighted by Crippen LogP contribution is 2.12. The Bertz CT molecular complexity index is 624. The zero-order valence-corrected chi connectivity index (χ0v) is 11.9. The number of ether oxygens (including phenoxy) is 1. The monoisotopic (exact) mass is 284 g/mol. The van der Waals surface area contributed by atoms with E-state index in [0.717, 1.165) is 5.56 Å². The van der Waals surface area contributed by atoms with Crippen LogP contribution in [0, 0.1) is 0 Å². The van der Waals surface area contributed by atoms with Crippen LogP contribution < -0.4 is 5.32 Å². The van der Waals surface area contributed by atoms with E-state index in [2.05, 4.69) is 15.0 Å². The third-order valence-corrected chi connectivity index (χ3v) is 3.07. The van der Waals surface area contributed by atoms with E-state index in [1.807, 2.05) is 37.3 Å². The second-order valence-electron chi connectivity index (χ2n) is 4.53. The number of nitrogens with zero attached hydrogens (tertiary/aromatic N) is 1. The molecule has 1 N–H and O–H groups in total. The van der Waals surface area contributed by atoms with Gasteiger partial charge in [-0.3, -0.25) is 4.79 Å². The number of hydrogen-bond donors (Lipinski definition) is 1. The Labute approximate surface area is 123 Å². The van der Waals surface area contributed by atoms with Crippen molar-refractivity contribution in [1.29, 1.82) is 0 Å². The number of benzene rings is 1. The molecule has 1 aromatic heterocycles. The zero-order valence-electron chi connectivity index (χ0n) is 11.9. The van der Waals surface area contributed by atoms with Gasteiger partial charge in [-0.2, -0.15) is 0 Å². The van der Waals surface area contributed by atoms with E-state index in [1.54, 1.807) is 6.07 Å².